The van der Waals surface area contributed by atoms with Crippen LogP contribution in [0.25, 0.3) is 0 Å². The molecule has 1 N–H and O–H groups in total. The second-order valence-corrected chi connectivity index (χ2v) is 6.12. The normalized spacial score (nSPS) is 26.9. The molecule has 1 saturated carbocycles. The van der Waals surface area contributed by atoms with Gasteiger partial charge in [0.2, 0.25) is 11.8 Å². The fourth-order valence-electron chi connectivity index (χ4n) is 3.32. The van der Waals surface area contributed by atoms with Crippen molar-refractivity contribution in [3.8, 4) is 0 Å². The Labute approximate surface area is 124 Å². The Bertz CT molecular complexity index is 546. The summed E-state index contributed by atoms with van der Waals surface area (Å²) in [6.07, 6.45) is 5.91. The first-order valence-electron chi connectivity index (χ1n) is 7.59. The van der Waals surface area contributed by atoms with Gasteiger partial charge < -0.3 is 10.2 Å². The van der Waals surface area contributed by atoms with Gasteiger partial charge in [-0.3, -0.25) is 14.6 Å². The summed E-state index contributed by atoms with van der Waals surface area (Å²) in [4.78, 5) is 29.9. The summed E-state index contributed by atoms with van der Waals surface area (Å²) >= 11 is 0. The highest BCUT2D eigenvalue weighted by molar-refractivity contribution is 5.83. The molecule has 3 rings (SSSR count). The van der Waals surface area contributed by atoms with Crippen LogP contribution < -0.4 is 5.32 Å². The summed E-state index contributed by atoms with van der Waals surface area (Å²) < 4.78 is 0. The molecule has 5 heteroatoms. The fraction of sp³-hybridized carbons (Fsp3) is 0.562. The van der Waals surface area contributed by atoms with Gasteiger partial charge >= 0.3 is 0 Å². The molecule has 5 nitrogen and oxygen atoms in total. The van der Waals surface area contributed by atoms with Crippen molar-refractivity contribution in [1.82, 2.24) is 15.2 Å². The summed E-state index contributed by atoms with van der Waals surface area (Å²) in [5.74, 6) is 0.391. The molecule has 0 bridgehead atoms. The number of amides is 2. The van der Waals surface area contributed by atoms with Crippen molar-refractivity contribution >= 4 is 11.8 Å². The number of pyridine rings is 1. The molecule has 1 spiro atoms. The van der Waals surface area contributed by atoms with Crippen molar-refractivity contribution in [2.24, 2.45) is 11.3 Å². The quantitative estimate of drug-likeness (QED) is 0.909. The zero-order valence-corrected chi connectivity index (χ0v) is 12.3. The van der Waals surface area contributed by atoms with Gasteiger partial charge in [-0.1, -0.05) is 13.0 Å². The van der Waals surface area contributed by atoms with Crippen LogP contribution in [0.3, 0.4) is 0 Å². The molecule has 2 heterocycles. The number of carbonyl (C=O) groups is 2. The molecule has 2 atom stereocenters. The van der Waals surface area contributed by atoms with E-state index in [4.69, 9.17) is 0 Å². The molecule has 1 aromatic rings. The van der Waals surface area contributed by atoms with Gasteiger partial charge in [-0.05, 0) is 24.5 Å². The first-order chi connectivity index (χ1) is 10.1. The number of likely N-dealkylation sites (tertiary alicyclic amines) is 1. The standard InChI is InChI=1S/C16H21N3O2/c1-2-14(20)19-7-5-16(11-19)8-13(16)15(21)18-10-12-4-3-6-17-9-12/h3-4,6,9,13H,2,5,7-8,10-11H2,1H3,(H,18,21). The Morgan fingerprint density at radius 3 is 3.10 bits per heavy atom. The Hall–Kier alpha value is -1.91. The maximum Gasteiger partial charge on any atom is 0.224 e. The lowest BCUT2D eigenvalue weighted by atomic mass is 10.0. The fourth-order valence-corrected chi connectivity index (χ4v) is 3.32. The second-order valence-electron chi connectivity index (χ2n) is 6.12. The number of hydrogen-bond acceptors (Lipinski definition) is 3. The average Bonchev–Trinajstić information content (AvgIpc) is 3.05. The number of hydrogen-bond donors (Lipinski definition) is 1. The van der Waals surface area contributed by atoms with E-state index in [1.54, 1.807) is 12.4 Å². The number of rotatable bonds is 4. The lowest BCUT2D eigenvalue weighted by Crippen LogP contribution is -2.30. The zero-order valence-electron chi connectivity index (χ0n) is 12.3. The second kappa shape index (κ2) is 5.47. The Morgan fingerprint density at radius 1 is 1.52 bits per heavy atom. The van der Waals surface area contributed by atoms with Gasteiger partial charge in [0.25, 0.3) is 0 Å². The van der Waals surface area contributed by atoms with Crippen LogP contribution in [0.15, 0.2) is 24.5 Å². The molecule has 21 heavy (non-hydrogen) atoms. The largest absolute Gasteiger partial charge is 0.352 e. The highest BCUT2D eigenvalue weighted by atomic mass is 16.2. The van der Waals surface area contributed by atoms with Gasteiger partial charge in [0.15, 0.2) is 0 Å². The van der Waals surface area contributed by atoms with Gasteiger partial charge in [-0.15, -0.1) is 0 Å². The Kier molecular flexibility index (Phi) is 3.66. The summed E-state index contributed by atoms with van der Waals surface area (Å²) in [6.45, 7) is 3.97. The predicted octanol–water partition coefficient (Wildman–Crippen LogP) is 1.35. The van der Waals surface area contributed by atoms with E-state index in [0.717, 1.165) is 31.5 Å². The van der Waals surface area contributed by atoms with Crippen LogP contribution in [-0.4, -0.2) is 34.8 Å². The van der Waals surface area contributed by atoms with Gasteiger partial charge in [0.1, 0.15) is 0 Å². The molecule has 2 unspecified atom stereocenters. The van der Waals surface area contributed by atoms with Crippen LogP contribution in [-0.2, 0) is 16.1 Å². The summed E-state index contributed by atoms with van der Waals surface area (Å²) in [6, 6.07) is 3.82. The molecule has 0 aromatic carbocycles. The Balaban J connectivity index is 1.51. The SMILES string of the molecule is CCC(=O)N1CCC2(CC2C(=O)NCc2cccnc2)C1. The van der Waals surface area contributed by atoms with E-state index in [1.807, 2.05) is 24.0 Å². The molecule has 2 fully saturated rings. The minimum atomic E-state index is 0.0594. The molecule has 1 aromatic heterocycles. The third kappa shape index (κ3) is 2.77. The third-order valence-corrected chi connectivity index (χ3v) is 4.74. The van der Waals surface area contributed by atoms with Crippen LogP contribution >= 0.6 is 0 Å². The summed E-state index contributed by atoms with van der Waals surface area (Å²) in [7, 11) is 0. The number of carbonyl (C=O) groups excluding carboxylic acids is 2. The lowest BCUT2D eigenvalue weighted by Gasteiger charge is -2.15. The highest BCUT2D eigenvalue weighted by Crippen LogP contribution is 2.58. The van der Waals surface area contributed by atoms with Crippen LogP contribution in [0.5, 0.6) is 0 Å². The lowest BCUT2D eigenvalue weighted by molar-refractivity contribution is -0.130. The van der Waals surface area contributed by atoms with E-state index in [-0.39, 0.29) is 23.1 Å². The van der Waals surface area contributed by atoms with Crippen molar-refractivity contribution in [2.75, 3.05) is 13.1 Å². The van der Waals surface area contributed by atoms with E-state index >= 15 is 0 Å². The van der Waals surface area contributed by atoms with Gasteiger partial charge in [-0.2, -0.15) is 0 Å². The average molecular weight is 287 g/mol. The molecule has 1 aliphatic carbocycles. The number of nitrogens with one attached hydrogen (secondary N) is 1. The van der Waals surface area contributed by atoms with Crippen molar-refractivity contribution in [1.29, 1.82) is 0 Å². The van der Waals surface area contributed by atoms with Gasteiger partial charge in [0, 0.05) is 49.8 Å². The van der Waals surface area contributed by atoms with E-state index in [9.17, 15) is 9.59 Å². The Morgan fingerprint density at radius 2 is 2.38 bits per heavy atom. The van der Waals surface area contributed by atoms with E-state index in [0.29, 0.717) is 13.0 Å². The highest BCUT2D eigenvalue weighted by Gasteiger charge is 2.61. The monoisotopic (exact) mass is 287 g/mol. The minimum absolute atomic E-state index is 0.0594. The molecular weight excluding hydrogens is 266 g/mol. The summed E-state index contributed by atoms with van der Waals surface area (Å²) in [5.41, 5.74) is 1.07. The van der Waals surface area contributed by atoms with Crippen LogP contribution in [0, 0.1) is 11.3 Å². The first-order valence-corrected chi connectivity index (χ1v) is 7.59. The van der Waals surface area contributed by atoms with Crippen molar-refractivity contribution < 1.29 is 9.59 Å². The molecule has 2 amide bonds. The van der Waals surface area contributed by atoms with Crippen molar-refractivity contribution in [2.45, 2.75) is 32.7 Å². The molecule has 1 saturated heterocycles. The van der Waals surface area contributed by atoms with E-state index in [1.165, 1.54) is 0 Å². The summed E-state index contributed by atoms with van der Waals surface area (Å²) in [5, 5.41) is 2.99. The number of nitrogens with zero attached hydrogens (tertiary/aromatic N) is 2. The maximum atomic E-state index is 12.3. The number of aromatic nitrogens is 1. The molecule has 0 radical (unpaired) electrons. The van der Waals surface area contributed by atoms with E-state index in [2.05, 4.69) is 10.3 Å². The van der Waals surface area contributed by atoms with Crippen molar-refractivity contribution in [3.63, 3.8) is 0 Å². The molecular formula is C16H21N3O2. The van der Waals surface area contributed by atoms with E-state index < -0.39 is 0 Å². The van der Waals surface area contributed by atoms with Crippen molar-refractivity contribution in [3.05, 3.63) is 30.1 Å². The molecule has 112 valence electrons. The molecule has 2 aliphatic rings. The van der Waals surface area contributed by atoms with Gasteiger partial charge in [-0.25, -0.2) is 0 Å². The van der Waals surface area contributed by atoms with Crippen LogP contribution in [0.4, 0.5) is 0 Å². The zero-order chi connectivity index (χ0) is 14.9. The maximum absolute atomic E-state index is 12.3. The third-order valence-electron chi connectivity index (χ3n) is 4.74. The topological polar surface area (TPSA) is 62.3 Å². The minimum Gasteiger partial charge on any atom is -0.352 e. The smallest absolute Gasteiger partial charge is 0.224 e. The predicted molar refractivity (Wildman–Crippen MR) is 78.1 cm³/mol. The first kappa shape index (κ1) is 14.0. The van der Waals surface area contributed by atoms with Gasteiger partial charge in [0.05, 0.1) is 0 Å². The molecule has 1 aliphatic heterocycles. The van der Waals surface area contributed by atoms with Crippen LogP contribution in [0.2, 0.25) is 0 Å². The van der Waals surface area contributed by atoms with Crippen LogP contribution in [0.1, 0.15) is 31.7 Å².